The highest BCUT2D eigenvalue weighted by molar-refractivity contribution is 7.89. The molecule has 0 radical (unpaired) electrons. The van der Waals surface area contributed by atoms with E-state index in [0.29, 0.717) is 24.4 Å². The van der Waals surface area contributed by atoms with E-state index in [1.165, 1.54) is 19.2 Å². The molecule has 5 nitrogen and oxygen atoms in total. The van der Waals surface area contributed by atoms with Crippen LogP contribution in [-0.2, 0) is 16.4 Å². The van der Waals surface area contributed by atoms with Crippen molar-refractivity contribution in [3.63, 3.8) is 0 Å². The molecule has 3 N–H and O–H groups in total. The lowest BCUT2D eigenvalue weighted by Gasteiger charge is -2.08. The fourth-order valence-corrected chi connectivity index (χ4v) is 2.88. The average Bonchev–Trinajstić information content (AvgIpc) is 2.49. The second kappa shape index (κ2) is 6.60. The van der Waals surface area contributed by atoms with Crippen molar-refractivity contribution < 1.29 is 13.2 Å². The van der Waals surface area contributed by atoms with Crippen LogP contribution in [0.2, 0.25) is 0 Å². The van der Waals surface area contributed by atoms with Crippen LogP contribution in [0.4, 0.5) is 5.69 Å². The fourth-order valence-electron chi connectivity index (χ4n) is 1.85. The second-order valence-corrected chi connectivity index (χ2v) is 6.33. The van der Waals surface area contributed by atoms with Crippen molar-refractivity contribution in [3.8, 4) is 5.75 Å². The monoisotopic (exact) mass is 306 g/mol. The first-order chi connectivity index (χ1) is 10.0. The number of nitrogens with two attached hydrogens (primary N) is 1. The predicted octanol–water partition coefficient (Wildman–Crippen LogP) is 1.80. The lowest BCUT2D eigenvalue weighted by atomic mass is 10.1. The summed E-state index contributed by atoms with van der Waals surface area (Å²) in [4.78, 5) is 0.223. The molecule has 0 amide bonds. The first kappa shape index (κ1) is 15.3. The largest absolute Gasteiger partial charge is 0.497 e. The standard InChI is InChI=1S/C15H18N2O3S/c1-20-14-6-8-15(9-7-14)21(18,19)17-11-10-12-2-4-13(16)5-3-12/h2-9,17H,10-11,16H2,1H3. The van der Waals surface area contributed by atoms with Gasteiger partial charge in [0.2, 0.25) is 10.0 Å². The van der Waals surface area contributed by atoms with Crippen molar-refractivity contribution in [2.24, 2.45) is 0 Å². The molecule has 2 rings (SSSR count). The van der Waals surface area contributed by atoms with Crippen LogP contribution in [0, 0.1) is 0 Å². The van der Waals surface area contributed by atoms with Gasteiger partial charge in [-0.15, -0.1) is 0 Å². The van der Waals surface area contributed by atoms with Crippen LogP contribution in [0.1, 0.15) is 5.56 Å². The van der Waals surface area contributed by atoms with Crippen LogP contribution in [-0.4, -0.2) is 22.1 Å². The van der Waals surface area contributed by atoms with Crippen molar-refractivity contribution in [2.75, 3.05) is 19.4 Å². The molecule has 0 aliphatic carbocycles. The summed E-state index contributed by atoms with van der Waals surface area (Å²) in [6.45, 7) is 0.332. The molecule has 0 aliphatic rings. The minimum atomic E-state index is -3.49. The number of benzene rings is 2. The van der Waals surface area contributed by atoms with E-state index < -0.39 is 10.0 Å². The molecule has 0 spiro atoms. The molecule has 0 fully saturated rings. The van der Waals surface area contributed by atoms with Gasteiger partial charge < -0.3 is 10.5 Å². The summed E-state index contributed by atoms with van der Waals surface area (Å²) in [5, 5.41) is 0. The summed E-state index contributed by atoms with van der Waals surface area (Å²) >= 11 is 0. The number of hydrogen-bond acceptors (Lipinski definition) is 4. The highest BCUT2D eigenvalue weighted by Gasteiger charge is 2.13. The molecule has 0 aliphatic heterocycles. The van der Waals surface area contributed by atoms with E-state index in [2.05, 4.69) is 4.72 Å². The Bertz CT molecular complexity index is 680. The number of sulfonamides is 1. The zero-order valence-electron chi connectivity index (χ0n) is 11.7. The topological polar surface area (TPSA) is 81.4 Å². The molecule has 2 aromatic carbocycles. The molecular formula is C15H18N2O3S. The third kappa shape index (κ3) is 4.21. The molecule has 6 heteroatoms. The van der Waals surface area contributed by atoms with E-state index in [1.54, 1.807) is 24.3 Å². The SMILES string of the molecule is COc1ccc(S(=O)(=O)NCCc2ccc(N)cc2)cc1. The number of ether oxygens (including phenoxy) is 1. The van der Waals surface area contributed by atoms with Crippen LogP contribution in [0.15, 0.2) is 53.4 Å². The number of hydrogen-bond donors (Lipinski definition) is 2. The average molecular weight is 306 g/mol. The summed E-state index contributed by atoms with van der Waals surface area (Å²) in [5.74, 6) is 0.621. The number of methoxy groups -OCH3 is 1. The van der Waals surface area contributed by atoms with Gasteiger partial charge in [0.25, 0.3) is 0 Å². The van der Waals surface area contributed by atoms with E-state index in [4.69, 9.17) is 10.5 Å². The Hall–Kier alpha value is -2.05. The summed E-state index contributed by atoms with van der Waals surface area (Å²) in [7, 11) is -1.96. The Balaban J connectivity index is 1.95. The Labute approximate surface area is 124 Å². The van der Waals surface area contributed by atoms with Gasteiger partial charge in [0.1, 0.15) is 5.75 Å². The van der Waals surface area contributed by atoms with Gasteiger partial charge in [-0.05, 0) is 48.4 Å². The Morgan fingerprint density at radius 2 is 1.67 bits per heavy atom. The van der Waals surface area contributed by atoms with Crippen molar-refractivity contribution in [1.29, 1.82) is 0 Å². The molecule has 0 aromatic heterocycles. The molecule has 112 valence electrons. The van der Waals surface area contributed by atoms with Crippen LogP contribution >= 0.6 is 0 Å². The minimum Gasteiger partial charge on any atom is -0.497 e. The maximum absolute atomic E-state index is 12.1. The van der Waals surface area contributed by atoms with Crippen molar-refractivity contribution in [3.05, 3.63) is 54.1 Å². The first-order valence-electron chi connectivity index (χ1n) is 6.49. The van der Waals surface area contributed by atoms with Gasteiger partial charge in [0.15, 0.2) is 0 Å². The van der Waals surface area contributed by atoms with E-state index >= 15 is 0 Å². The molecule has 0 saturated carbocycles. The lowest BCUT2D eigenvalue weighted by Crippen LogP contribution is -2.25. The van der Waals surface area contributed by atoms with Crippen LogP contribution < -0.4 is 15.2 Å². The fraction of sp³-hybridized carbons (Fsp3) is 0.200. The number of nitrogens with one attached hydrogen (secondary N) is 1. The van der Waals surface area contributed by atoms with Gasteiger partial charge in [-0.1, -0.05) is 12.1 Å². The summed E-state index contributed by atoms with van der Waals surface area (Å²) < 4.78 is 31.8. The van der Waals surface area contributed by atoms with Gasteiger partial charge >= 0.3 is 0 Å². The third-order valence-electron chi connectivity index (χ3n) is 3.06. The molecule has 0 heterocycles. The highest BCUT2D eigenvalue weighted by atomic mass is 32.2. The zero-order chi connectivity index (χ0) is 15.3. The number of rotatable bonds is 6. The Morgan fingerprint density at radius 1 is 1.05 bits per heavy atom. The predicted molar refractivity (Wildman–Crippen MR) is 82.7 cm³/mol. The van der Waals surface area contributed by atoms with Gasteiger partial charge in [0.05, 0.1) is 12.0 Å². The molecule has 21 heavy (non-hydrogen) atoms. The number of anilines is 1. The van der Waals surface area contributed by atoms with E-state index in [9.17, 15) is 8.42 Å². The summed E-state index contributed by atoms with van der Waals surface area (Å²) in [5.41, 5.74) is 7.32. The molecule has 2 aromatic rings. The Kier molecular flexibility index (Phi) is 4.82. The highest BCUT2D eigenvalue weighted by Crippen LogP contribution is 2.15. The van der Waals surface area contributed by atoms with Crippen molar-refractivity contribution in [2.45, 2.75) is 11.3 Å². The maximum atomic E-state index is 12.1. The lowest BCUT2D eigenvalue weighted by molar-refractivity contribution is 0.414. The zero-order valence-corrected chi connectivity index (χ0v) is 12.6. The van der Waals surface area contributed by atoms with Crippen molar-refractivity contribution >= 4 is 15.7 Å². The summed E-state index contributed by atoms with van der Waals surface area (Å²) in [6, 6.07) is 13.6. The normalized spacial score (nSPS) is 11.3. The van der Waals surface area contributed by atoms with Gasteiger partial charge in [-0.25, -0.2) is 13.1 Å². The minimum absolute atomic E-state index is 0.223. The van der Waals surface area contributed by atoms with E-state index in [-0.39, 0.29) is 4.90 Å². The summed E-state index contributed by atoms with van der Waals surface area (Å²) in [6.07, 6.45) is 0.607. The van der Waals surface area contributed by atoms with Gasteiger partial charge in [0, 0.05) is 12.2 Å². The van der Waals surface area contributed by atoms with Crippen LogP contribution in [0.25, 0.3) is 0 Å². The quantitative estimate of drug-likeness (QED) is 0.797. The molecule has 0 saturated heterocycles. The molecular weight excluding hydrogens is 288 g/mol. The smallest absolute Gasteiger partial charge is 0.240 e. The Morgan fingerprint density at radius 3 is 2.24 bits per heavy atom. The molecule has 0 unspecified atom stereocenters. The van der Waals surface area contributed by atoms with Gasteiger partial charge in [-0.3, -0.25) is 0 Å². The second-order valence-electron chi connectivity index (χ2n) is 4.56. The van der Waals surface area contributed by atoms with Crippen LogP contribution in [0.3, 0.4) is 0 Å². The van der Waals surface area contributed by atoms with Crippen LogP contribution in [0.5, 0.6) is 5.75 Å². The molecule has 0 bridgehead atoms. The van der Waals surface area contributed by atoms with Crippen molar-refractivity contribution in [1.82, 2.24) is 4.72 Å². The van der Waals surface area contributed by atoms with E-state index in [1.807, 2.05) is 12.1 Å². The third-order valence-corrected chi connectivity index (χ3v) is 4.53. The first-order valence-corrected chi connectivity index (χ1v) is 7.98. The van der Waals surface area contributed by atoms with E-state index in [0.717, 1.165) is 5.56 Å². The maximum Gasteiger partial charge on any atom is 0.240 e. The number of nitrogen functional groups attached to an aromatic ring is 1. The van der Waals surface area contributed by atoms with Gasteiger partial charge in [-0.2, -0.15) is 0 Å². The molecule has 0 atom stereocenters.